The van der Waals surface area contributed by atoms with Gasteiger partial charge in [-0.2, -0.15) is 0 Å². The van der Waals surface area contributed by atoms with Gasteiger partial charge in [0.1, 0.15) is 0 Å². The number of hydrogen-bond donors (Lipinski definition) is 1. The van der Waals surface area contributed by atoms with E-state index >= 15 is 0 Å². The molecule has 0 spiro atoms. The Morgan fingerprint density at radius 1 is 0.947 bits per heavy atom. The molecule has 1 heteroatoms. The summed E-state index contributed by atoms with van der Waals surface area (Å²) in [5.41, 5.74) is 0.355. The van der Waals surface area contributed by atoms with E-state index in [1.165, 1.54) is 57.9 Å². The molecule has 0 aromatic heterocycles. The van der Waals surface area contributed by atoms with E-state index in [2.05, 4.69) is 46.9 Å². The van der Waals surface area contributed by atoms with Crippen LogP contribution in [0, 0.1) is 11.8 Å². The molecule has 1 N–H and O–H groups in total. The van der Waals surface area contributed by atoms with E-state index in [1.54, 1.807) is 0 Å². The van der Waals surface area contributed by atoms with Crippen molar-refractivity contribution >= 4 is 0 Å². The lowest BCUT2D eigenvalue weighted by Gasteiger charge is -2.32. The molecule has 0 aliphatic carbocycles. The summed E-state index contributed by atoms with van der Waals surface area (Å²) in [4.78, 5) is 0. The van der Waals surface area contributed by atoms with Gasteiger partial charge in [0.2, 0.25) is 0 Å². The van der Waals surface area contributed by atoms with Crippen molar-refractivity contribution in [2.45, 2.75) is 98.4 Å². The molecular weight excluding hydrogens is 230 g/mol. The van der Waals surface area contributed by atoms with Crippen molar-refractivity contribution in [2.24, 2.45) is 11.8 Å². The molecule has 0 radical (unpaired) electrons. The molecule has 1 nitrogen and oxygen atoms in total. The molecule has 0 fully saturated rings. The minimum Gasteiger partial charge on any atom is -0.312 e. The van der Waals surface area contributed by atoms with Crippen molar-refractivity contribution in [1.29, 1.82) is 0 Å². The van der Waals surface area contributed by atoms with Gasteiger partial charge in [-0.15, -0.1) is 0 Å². The molecular formula is C18H39N. The summed E-state index contributed by atoms with van der Waals surface area (Å²) in [6.45, 7) is 15.3. The second kappa shape index (κ2) is 10.7. The zero-order chi connectivity index (χ0) is 14.7. The zero-order valence-electron chi connectivity index (χ0n) is 14.5. The molecule has 0 heterocycles. The van der Waals surface area contributed by atoms with Crippen LogP contribution in [0.4, 0.5) is 0 Å². The molecule has 2 atom stereocenters. The highest BCUT2D eigenvalue weighted by Crippen LogP contribution is 2.23. The van der Waals surface area contributed by atoms with Gasteiger partial charge in [-0.3, -0.25) is 0 Å². The van der Waals surface area contributed by atoms with E-state index in [0.29, 0.717) is 5.54 Å². The van der Waals surface area contributed by atoms with Crippen LogP contribution in [0.5, 0.6) is 0 Å². The third-order valence-electron chi connectivity index (χ3n) is 4.90. The summed E-state index contributed by atoms with van der Waals surface area (Å²) in [5.74, 6) is 1.66. The first-order valence-electron chi connectivity index (χ1n) is 8.70. The lowest BCUT2D eigenvalue weighted by Crippen LogP contribution is -2.42. The third-order valence-corrected chi connectivity index (χ3v) is 4.90. The number of nitrogens with one attached hydrogen (secondary N) is 1. The molecule has 0 aromatic carbocycles. The largest absolute Gasteiger partial charge is 0.312 e. The first-order valence-corrected chi connectivity index (χ1v) is 8.70. The van der Waals surface area contributed by atoms with Gasteiger partial charge >= 0.3 is 0 Å². The number of hydrogen-bond acceptors (Lipinski definition) is 1. The lowest BCUT2D eigenvalue weighted by atomic mass is 9.85. The van der Waals surface area contributed by atoms with Crippen molar-refractivity contribution in [3.8, 4) is 0 Å². The van der Waals surface area contributed by atoms with Gasteiger partial charge in [-0.1, -0.05) is 60.3 Å². The average Bonchev–Trinajstić information content (AvgIpc) is 2.40. The van der Waals surface area contributed by atoms with Crippen LogP contribution in [0.3, 0.4) is 0 Å². The first kappa shape index (κ1) is 19.0. The Morgan fingerprint density at radius 3 is 2.11 bits per heavy atom. The maximum atomic E-state index is 3.82. The topological polar surface area (TPSA) is 12.0 Å². The first-order chi connectivity index (χ1) is 8.95. The van der Waals surface area contributed by atoms with Gasteiger partial charge in [-0.25, -0.2) is 0 Å². The standard InChI is InChI=1S/C18H39N/c1-7-9-10-11-12-15-19-18(6,8-2)14-13-17(5)16(3)4/h16-17,19H,7-15H2,1-6H3. The Morgan fingerprint density at radius 2 is 1.58 bits per heavy atom. The van der Waals surface area contributed by atoms with Gasteiger partial charge < -0.3 is 5.32 Å². The predicted octanol–water partition coefficient (Wildman–Crippen LogP) is 5.79. The highest BCUT2D eigenvalue weighted by atomic mass is 15.0. The van der Waals surface area contributed by atoms with Crippen LogP contribution in [-0.2, 0) is 0 Å². The Labute approximate surface area is 122 Å². The van der Waals surface area contributed by atoms with Crippen LogP contribution in [0.1, 0.15) is 92.9 Å². The molecule has 0 aliphatic heterocycles. The summed E-state index contributed by atoms with van der Waals surface area (Å²) >= 11 is 0. The number of unbranched alkanes of at least 4 members (excludes halogenated alkanes) is 4. The summed E-state index contributed by atoms with van der Waals surface area (Å²) in [6, 6.07) is 0. The Kier molecular flexibility index (Phi) is 10.7. The van der Waals surface area contributed by atoms with Crippen LogP contribution in [-0.4, -0.2) is 12.1 Å². The van der Waals surface area contributed by atoms with Crippen LogP contribution in [0.2, 0.25) is 0 Å². The summed E-state index contributed by atoms with van der Waals surface area (Å²) in [6.07, 6.45) is 10.8. The van der Waals surface area contributed by atoms with Gasteiger partial charge in [0.15, 0.2) is 0 Å². The highest BCUT2D eigenvalue weighted by molar-refractivity contribution is 4.82. The Balaban J connectivity index is 3.82. The zero-order valence-corrected chi connectivity index (χ0v) is 14.5. The Bertz CT molecular complexity index is 200. The maximum Gasteiger partial charge on any atom is 0.0150 e. The fraction of sp³-hybridized carbons (Fsp3) is 1.00. The van der Waals surface area contributed by atoms with E-state index < -0.39 is 0 Å². The molecule has 0 saturated carbocycles. The van der Waals surface area contributed by atoms with Crippen molar-refractivity contribution in [2.75, 3.05) is 6.54 Å². The normalized spacial score (nSPS) is 16.6. The van der Waals surface area contributed by atoms with Gasteiger partial charge in [0.05, 0.1) is 0 Å². The van der Waals surface area contributed by atoms with E-state index in [4.69, 9.17) is 0 Å². The number of rotatable bonds is 12. The fourth-order valence-corrected chi connectivity index (χ4v) is 2.39. The summed E-state index contributed by atoms with van der Waals surface area (Å²) in [5, 5.41) is 3.82. The minimum atomic E-state index is 0.355. The van der Waals surface area contributed by atoms with Gasteiger partial charge in [-0.05, 0) is 51.0 Å². The molecule has 0 rings (SSSR count). The monoisotopic (exact) mass is 269 g/mol. The molecule has 0 bridgehead atoms. The SMILES string of the molecule is CCCCCCCNC(C)(CC)CCC(C)C(C)C. The molecule has 0 saturated heterocycles. The lowest BCUT2D eigenvalue weighted by molar-refractivity contribution is 0.269. The van der Waals surface area contributed by atoms with Crippen LogP contribution in [0.25, 0.3) is 0 Å². The average molecular weight is 270 g/mol. The van der Waals surface area contributed by atoms with Gasteiger partial charge in [0, 0.05) is 5.54 Å². The third kappa shape index (κ3) is 9.49. The second-order valence-electron chi connectivity index (χ2n) is 7.02. The van der Waals surface area contributed by atoms with E-state index in [0.717, 1.165) is 11.8 Å². The second-order valence-corrected chi connectivity index (χ2v) is 7.02. The molecule has 116 valence electrons. The predicted molar refractivity (Wildman–Crippen MR) is 88.7 cm³/mol. The summed E-state index contributed by atoms with van der Waals surface area (Å²) in [7, 11) is 0. The molecule has 0 aliphatic rings. The molecule has 0 amide bonds. The van der Waals surface area contributed by atoms with Crippen molar-refractivity contribution < 1.29 is 0 Å². The molecule has 19 heavy (non-hydrogen) atoms. The van der Waals surface area contributed by atoms with Crippen molar-refractivity contribution in [3.05, 3.63) is 0 Å². The summed E-state index contributed by atoms with van der Waals surface area (Å²) < 4.78 is 0. The smallest absolute Gasteiger partial charge is 0.0150 e. The quantitative estimate of drug-likeness (QED) is 0.442. The highest BCUT2D eigenvalue weighted by Gasteiger charge is 2.22. The Hall–Kier alpha value is -0.0400. The van der Waals surface area contributed by atoms with E-state index in [-0.39, 0.29) is 0 Å². The van der Waals surface area contributed by atoms with Crippen molar-refractivity contribution in [3.63, 3.8) is 0 Å². The molecule has 2 unspecified atom stereocenters. The van der Waals surface area contributed by atoms with E-state index in [1.807, 2.05) is 0 Å². The molecule has 0 aromatic rings. The van der Waals surface area contributed by atoms with Crippen LogP contribution < -0.4 is 5.32 Å². The fourth-order valence-electron chi connectivity index (χ4n) is 2.39. The minimum absolute atomic E-state index is 0.355. The van der Waals surface area contributed by atoms with Gasteiger partial charge in [0.25, 0.3) is 0 Å². The van der Waals surface area contributed by atoms with Crippen molar-refractivity contribution in [1.82, 2.24) is 5.32 Å². The van der Waals surface area contributed by atoms with Crippen LogP contribution >= 0.6 is 0 Å². The maximum absolute atomic E-state index is 3.82. The van der Waals surface area contributed by atoms with E-state index in [9.17, 15) is 0 Å². The van der Waals surface area contributed by atoms with Crippen LogP contribution in [0.15, 0.2) is 0 Å².